The van der Waals surface area contributed by atoms with Crippen molar-refractivity contribution in [2.24, 2.45) is 0 Å². The van der Waals surface area contributed by atoms with Crippen LogP contribution in [0.5, 0.6) is 0 Å². The van der Waals surface area contributed by atoms with Gasteiger partial charge < -0.3 is 19.6 Å². The Kier molecular flexibility index (Phi) is 3.02. The quantitative estimate of drug-likeness (QED) is 0.629. The fraction of sp³-hybridized carbons (Fsp3) is 0.200. The molecule has 4 rings (SSSR count). The lowest BCUT2D eigenvalue weighted by Gasteiger charge is -2.01. The van der Waals surface area contributed by atoms with Crippen LogP contribution in [-0.4, -0.2) is 22.1 Å². The van der Waals surface area contributed by atoms with Gasteiger partial charge >= 0.3 is 6.03 Å². The average Bonchev–Trinajstić information content (AvgIpc) is 3.20. The number of imide groups is 1. The number of aromatic nitrogens is 2. The third-order valence-electron chi connectivity index (χ3n) is 3.85. The Morgan fingerprint density at radius 1 is 1.25 bits per heavy atom. The van der Waals surface area contributed by atoms with Crippen molar-refractivity contribution in [2.75, 3.05) is 5.32 Å². The summed E-state index contributed by atoms with van der Waals surface area (Å²) in [4.78, 5) is 27.3. The number of amides is 3. The maximum Gasteiger partial charge on any atom is 0.322 e. The Labute approximate surface area is 135 Å². The molecule has 0 spiro atoms. The van der Waals surface area contributed by atoms with Crippen LogP contribution in [0.4, 0.5) is 16.5 Å². The minimum absolute atomic E-state index is 0.324. The van der Waals surface area contributed by atoms with Crippen molar-refractivity contribution >= 4 is 34.7 Å². The Hall–Kier alpha value is -3.36. The maximum atomic E-state index is 11.7. The largest absolute Gasteiger partial charge is 0.457 e. The number of hydrogen-bond acceptors (Lipinski definition) is 7. The predicted molar refractivity (Wildman–Crippen MR) is 82.7 cm³/mol. The maximum absolute atomic E-state index is 11.7. The summed E-state index contributed by atoms with van der Waals surface area (Å²) in [6, 6.07) is 3.68. The van der Waals surface area contributed by atoms with Crippen molar-refractivity contribution in [3.05, 3.63) is 35.2 Å². The van der Waals surface area contributed by atoms with Crippen LogP contribution in [0.1, 0.15) is 23.1 Å². The van der Waals surface area contributed by atoms with Crippen LogP contribution in [0, 0.1) is 13.8 Å². The molecule has 3 amide bonds. The SMILES string of the molecule is Cc1noc(Nc2ccc3oc([C@H]4NC(=O)NC4=O)cc3n2)c1C. The van der Waals surface area contributed by atoms with Crippen LogP contribution in [0.3, 0.4) is 0 Å². The van der Waals surface area contributed by atoms with Crippen LogP contribution in [0.2, 0.25) is 0 Å². The number of urea groups is 1. The molecule has 1 aliphatic rings. The van der Waals surface area contributed by atoms with Gasteiger partial charge in [-0.2, -0.15) is 0 Å². The molecule has 24 heavy (non-hydrogen) atoms. The molecule has 0 radical (unpaired) electrons. The molecule has 4 heterocycles. The highest BCUT2D eigenvalue weighted by Gasteiger charge is 2.33. The van der Waals surface area contributed by atoms with Gasteiger partial charge in [0.05, 0.1) is 5.69 Å². The fourth-order valence-corrected chi connectivity index (χ4v) is 2.42. The van der Waals surface area contributed by atoms with Gasteiger partial charge in [0.2, 0.25) is 5.88 Å². The lowest BCUT2D eigenvalue weighted by atomic mass is 10.2. The third kappa shape index (κ3) is 2.26. The van der Waals surface area contributed by atoms with E-state index < -0.39 is 18.0 Å². The minimum atomic E-state index is -0.845. The number of nitrogens with zero attached hydrogens (tertiary/aromatic N) is 2. The molecule has 0 aromatic carbocycles. The summed E-state index contributed by atoms with van der Waals surface area (Å²) in [5, 5.41) is 11.6. The van der Waals surface area contributed by atoms with Crippen molar-refractivity contribution in [3.63, 3.8) is 0 Å². The Morgan fingerprint density at radius 2 is 2.08 bits per heavy atom. The molecule has 9 nitrogen and oxygen atoms in total. The van der Waals surface area contributed by atoms with Gasteiger partial charge in [-0.05, 0) is 26.0 Å². The number of anilines is 2. The number of pyridine rings is 1. The summed E-state index contributed by atoms with van der Waals surface area (Å²) in [6.07, 6.45) is 0. The van der Waals surface area contributed by atoms with Crippen molar-refractivity contribution in [2.45, 2.75) is 19.9 Å². The van der Waals surface area contributed by atoms with E-state index in [9.17, 15) is 9.59 Å². The van der Waals surface area contributed by atoms with Gasteiger partial charge in [-0.3, -0.25) is 10.1 Å². The molecular weight excluding hydrogens is 314 g/mol. The number of aryl methyl sites for hydroxylation is 1. The first-order chi connectivity index (χ1) is 11.5. The van der Waals surface area contributed by atoms with Crippen LogP contribution in [-0.2, 0) is 4.79 Å². The van der Waals surface area contributed by atoms with Crippen LogP contribution >= 0.6 is 0 Å². The number of rotatable bonds is 3. The molecule has 3 aromatic rings. The van der Waals surface area contributed by atoms with Gasteiger partial charge in [-0.1, -0.05) is 5.16 Å². The highest BCUT2D eigenvalue weighted by Crippen LogP contribution is 2.27. The van der Waals surface area contributed by atoms with Crippen molar-refractivity contribution < 1.29 is 18.5 Å². The van der Waals surface area contributed by atoms with Crippen molar-refractivity contribution in [3.8, 4) is 0 Å². The molecule has 3 N–H and O–H groups in total. The molecule has 3 aromatic heterocycles. The molecule has 0 bridgehead atoms. The number of fused-ring (bicyclic) bond motifs is 1. The van der Waals surface area contributed by atoms with E-state index in [1.807, 2.05) is 13.8 Å². The minimum Gasteiger partial charge on any atom is -0.457 e. The number of carbonyl (C=O) groups is 2. The monoisotopic (exact) mass is 327 g/mol. The van der Waals surface area contributed by atoms with Gasteiger partial charge in [0.25, 0.3) is 5.91 Å². The van der Waals surface area contributed by atoms with E-state index >= 15 is 0 Å². The highest BCUT2D eigenvalue weighted by molar-refractivity contribution is 6.04. The molecule has 0 aliphatic carbocycles. The van der Waals surface area contributed by atoms with Gasteiger partial charge in [-0.25, -0.2) is 9.78 Å². The number of furan rings is 1. The highest BCUT2D eigenvalue weighted by atomic mass is 16.5. The molecule has 122 valence electrons. The number of nitrogens with one attached hydrogen (secondary N) is 3. The number of hydrogen-bond donors (Lipinski definition) is 3. The van der Waals surface area contributed by atoms with E-state index in [2.05, 4.69) is 26.1 Å². The molecule has 1 fully saturated rings. The third-order valence-corrected chi connectivity index (χ3v) is 3.85. The van der Waals surface area contributed by atoms with Crippen LogP contribution < -0.4 is 16.0 Å². The Bertz CT molecular complexity index is 974. The zero-order valence-electron chi connectivity index (χ0n) is 12.8. The van der Waals surface area contributed by atoms with Crippen LogP contribution in [0.15, 0.2) is 27.1 Å². The summed E-state index contributed by atoms with van der Waals surface area (Å²) in [5.41, 5.74) is 2.76. The Morgan fingerprint density at radius 3 is 2.75 bits per heavy atom. The summed E-state index contributed by atoms with van der Waals surface area (Å²) >= 11 is 0. The first-order valence-corrected chi connectivity index (χ1v) is 7.23. The first kappa shape index (κ1) is 14.2. The zero-order chi connectivity index (χ0) is 16.8. The van der Waals surface area contributed by atoms with E-state index in [1.54, 1.807) is 18.2 Å². The summed E-state index contributed by atoms with van der Waals surface area (Å²) in [5.74, 6) is 0.939. The van der Waals surface area contributed by atoms with E-state index in [4.69, 9.17) is 8.94 Å². The molecule has 1 aliphatic heterocycles. The molecule has 9 heteroatoms. The molecule has 1 saturated heterocycles. The lowest BCUT2D eigenvalue weighted by molar-refractivity contribution is -0.120. The van der Waals surface area contributed by atoms with E-state index in [-0.39, 0.29) is 0 Å². The topological polar surface area (TPSA) is 122 Å². The van der Waals surface area contributed by atoms with Gasteiger partial charge in [0.15, 0.2) is 11.6 Å². The van der Waals surface area contributed by atoms with Crippen molar-refractivity contribution in [1.29, 1.82) is 0 Å². The molecule has 0 unspecified atom stereocenters. The zero-order valence-corrected chi connectivity index (χ0v) is 12.8. The fourth-order valence-electron chi connectivity index (χ4n) is 2.42. The Balaban J connectivity index is 1.65. The predicted octanol–water partition coefficient (Wildman–Crippen LogP) is 2.06. The molecule has 0 saturated carbocycles. The van der Waals surface area contributed by atoms with Crippen molar-refractivity contribution in [1.82, 2.24) is 20.8 Å². The summed E-state index contributed by atoms with van der Waals surface area (Å²) < 4.78 is 10.8. The van der Waals surface area contributed by atoms with E-state index in [1.165, 1.54) is 0 Å². The first-order valence-electron chi connectivity index (χ1n) is 7.23. The lowest BCUT2D eigenvalue weighted by Crippen LogP contribution is -2.22. The standard InChI is InChI=1S/C15H13N5O4/c1-6-7(2)20-24-14(6)17-11-4-3-9-8(16-11)5-10(23-9)12-13(21)19-15(22)18-12/h3-5,12H,1-2H3,(H,16,17)(H2,18,19,21,22)/t12-/m1/s1. The summed E-state index contributed by atoms with van der Waals surface area (Å²) in [6.45, 7) is 3.74. The summed E-state index contributed by atoms with van der Waals surface area (Å²) in [7, 11) is 0. The van der Waals surface area contributed by atoms with E-state index in [0.29, 0.717) is 28.6 Å². The normalized spacial score (nSPS) is 17.2. The average molecular weight is 327 g/mol. The second-order valence-corrected chi connectivity index (χ2v) is 5.47. The van der Waals surface area contributed by atoms with Gasteiger partial charge in [-0.15, -0.1) is 0 Å². The van der Waals surface area contributed by atoms with Crippen LogP contribution in [0.25, 0.3) is 11.1 Å². The molecule has 1 atom stereocenters. The van der Waals surface area contributed by atoms with Gasteiger partial charge in [0.1, 0.15) is 17.1 Å². The molecular formula is C15H13N5O4. The second-order valence-electron chi connectivity index (χ2n) is 5.47. The van der Waals surface area contributed by atoms with Gasteiger partial charge in [0, 0.05) is 11.6 Å². The number of carbonyl (C=O) groups excluding carboxylic acids is 2. The second kappa shape index (κ2) is 5.08. The van der Waals surface area contributed by atoms with E-state index in [0.717, 1.165) is 11.3 Å². The smallest absolute Gasteiger partial charge is 0.322 e.